The van der Waals surface area contributed by atoms with Crippen molar-refractivity contribution in [3.63, 3.8) is 0 Å². The molecular formula is C9H25Cl2N. The van der Waals surface area contributed by atoms with Crippen LogP contribution in [0.5, 0.6) is 0 Å². The molecule has 0 aliphatic rings. The highest BCUT2D eigenvalue weighted by Crippen LogP contribution is 2.21. The minimum Gasteiger partial charge on any atom is -0.325 e. The fourth-order valence-electron chi connectivity index (χ4n) is 0.667. The fraction of sp³-hybridized carbons (Fsp3) is 1.00. The standard InChI is InChI=1S/C8H19N.CH4.2ClH/c1-6(2)8(5,9)7(3)4;;;/h6-7H,9H2,1-5H3;1H4;2*1H. The first-order valence-corrected chi connectivity index (χ1v) is 3.68. The first-order chi connectivity index (χ1) is 3.89. The zero-order valence-electron chi connectivity index (χ0n) is 8.05. The van der Waals surface area contributed by atoms with Crippen molar-refractivity contribution < 1.29 is 0 Å². The molecule has 2 N–H and O–H groups in total. The molecule has 0 aromatic heterocycles. The molecule has 0 rings (SSSR count). The highest BCUT2D eigenvalue weighted by molar-refractivity contribution is 5.85. The lowest BCUT2D eigenvalue weighted by molar-refractivity contribution is 0.250. The zero-order chi connectivity index (χ0) is 7.65. The molecule has 12 heavy (non-hydrogen) atoms. The van der Waals surface area contributed by atoms with Gasteiger partial charge in [-0.25, -0.2) is 0 Å². The van der Waals surface area contributed by atoms with Gasteiger partial charge in [-0.1, -0.05) is 35.1 Å². The maximum atomic E-state index is 6.00. The van der Waals surface area contributed by atoms with Gasteiger partial charge in [0.25, 0.3) is 0 Å². The molecule has 0 aliphatic carbocycles. The van der Waals surface area contributed by atoms with Gasteiger partial charge in [-0.3, -0.25) is 0 Å². The smallest absolute Gasteiger partial charge is 0.0172 e. The molecule has 0 aliphatic heterocycles. The first kappa shape index (κ1) is 22.9. The molecule has 0 bridgehead atoms. The summed E-state index contributed by atoms with van der Waals surface area (Å²) in [6.07, 6.45) is 0. The molecule has 0 fully saturated rings. The summed E-state index contributed by atoms with van der Waals surface area (Å²) in [5.41, 5.74) is 6.00. The SMILES string of the molecule is C.CC(C)C(C)(N)C(C)C.Cl.Cl. The predicted molar refractivity (Wildman–Crippen MR) is 63.5 cm³/mol. The van der Waals surface area contributed by atoms with Crippen molar-refractivity contribution in [3.05, 3.63) is 0 Å². The molecule has 0 amide bonds. The summed E-state index contributed by atoms with van der Waals surface area (Å²) in [7, 11) is 0. The summed E-state index contributed by atoms with van der Waals surface area (Å²) in [5, 5.41) is 0. The van der Waals surface area contributed by atoms with E-state index in [1.165, 1.54) is 0 Å². The van der Waals surface area contributed by atoms with Crippen LogP contribution in [0.4, 0.5) is 0 Å². The Morgan fingerprint density at radius 1 is 0.917 bits per heavy atom. The van der Waals surface area contributed by atoms with E-state index in [4.69, 9.17) is 5.73 Å². The quantitative estimate of drug-likeness (QED) is 0.754. The van der Waals surface area contributed by atoms with Gasteiger partial charge in [0.05, 0.1) is 0 Å². The van der Waals surface area contributed by atoms with Crippen molar-refractivity contribution in [2.24, 2.45) is 17.6 Å². The van der Waals surface area contributed by atoms with Crippen molar-refractivity contribution in [1.29, 1.82) is 0 Å². The second-order valence-corrected chi connectivity index (χ2v) is 3.68. The monoisotopic (exact) mass is 217 g/mol. The van der Waals surface area contributed by atoms with Crippen molar-refractivity contribution in [2.75, 3.05) is 0 Å². The Hall–Kier alpha value is 0.540. The molecule has 0 aromatic carbocycles. The third kappa shape index (κ3) is 6.10. The number of rotatable bonds is 2. The summed E-state index contributed by atoms with van der Waals surface area (Å²) < 4.78 is 0. The van der Waals surface area contributed by atoms with E-state index in [2.05, 4.69) is 34.6 Å². The first-order valence-electron chi connectivity index (χ1n) is 3.68. The van der Waals surface area contributed by atoms with Gasteiger partial charge in [0.2, 0.25) is 0 Å². The number of halogens is 2. The van der Waals surface area contributed by atoms with Crippen LogP contribution in [-0.2, 0) is 0 Å². The minimum atomic E-state index is 0. The van der Waals surface area contributed by atoms with E-state index in [9.17, 15) is 0 Å². The van der Waals surface area contributed by atoms with Gasteiger partial charge >= 0.3 is 0 Å². The molecule has 80 valence electrons. The normalized spacial score (nSPS) is 10.0. The molecular weight excluding hydrogens is 193 g/mol. The molecule has 0 heterocycles. The van der Waals surface area contributed by atoms with Crippen LogP contribution >= 0.6 is 24.8 Å². The molecule has 0 saturated heterocycles. The van der Waals surface area contributed by atoms with E-state index < -0.39 is 0 Å². The summed E-state index contributed by atoms with van der Waals surface area (Å²) in [6, 6.07) is 0. The van der Waals surface area contributed by atoms with Crippen LogP contribution in [-0.4, -0.2) is 5.54 Å². The third-order valence-electron chi connectivity index (χ3n) is 2.49. The number of hydrogen-bond acceptors (Lipinski definition) is 1. The van der Waals surface area contributed by atoms with E-state index in [0.717, 1.165) is 0 Å². The van der Waals surface area contributed by atoms with E-state index in [1.807, 2.05) is 0 Å². The van der Waals surface area contributed by atoms with Crippen LogP contribution in [0.3, 0.4) is 0 Å². The average Bonchev–Trinajstić information content (AvgIpc) is 1.65. The van der Waals surface area contributed by atoms with Gasteiger partial charge in [-0.05, 0) is 18.8 Å². The molecule has 0 saturated carbocycles. The lowest BCUT2D eigenvalue weighted by atomic mass is 9.80. The van der Waals surface area contributed by atoms with Gasteiger partial charge in [-0.2, -0.15) is 0 Å². The topological polar surface area (TPSA) is 26.0 Å². The van der Waals surface area contributed by atoms with Gasteiger partial charge in [-0.15, -0.1) is 24.8 Å². The molecule has 0 atom stereocenters. The van der Waals surface area contributed by atoms with E-state index in [-0.39, 0.29) is 37.8 Å². The van der Waals surface area contributed by atoms with Gasteiger partial charge in [0, 0.05) is 5.54 Å². The van der Waals surface area contributed by atoms with E-state index >= 15 is 0 Å². The lowest BCUT2D eigenvalue weighted by Gasteiger charge is -2.33. The molecule has 0 unspecified atom stereocenters. The Kier molecular flexibility index (Phi) is 15.6. The summed E-state index contributed by atoms with van der Waals surface area (Å²) >= 11 is 0. The van der Waals surface area contributed by atoms with Crippen LogP contribution < -0.4 is 5.73 Å². The fourth-order valence-corrected chi connectivity index (χ4v) is 0.667. The lowest BCUT2D eigenvalue weighted by Crippen LogP contribution is -2.46. The third-order valence-corrected chi connectivity index (χ3v) is 2.49. The molecule has 3 heteroatoms. The van der Waals surface area contributed by atoms with Gasteiger partial charge in [0.15, 0.2) is 0 Å². The Morgan fingerprint density at radius 3 is 1.08 bits per heavy atom. The molecule has 0 spiro atoms. The molecule has 0 aromatic rings. The van der Waals surface area contributed by atoms with Crippen LogP contribution in [0.25, 0.3) is 0 Å². The molecule has 1 nitrogen and oxygen atoms in total. The second-order valence-electron chi connectivity index (χ2n) is 3.68. The van der Waals surface area contributed by atoms with Gasteiger partial charge < -0.3 is 5.73 Å². The summed E-state index contributed by atoms with van der Waals surface area (Å²) in [5.74, 6) is 1.13. The minimum absolute atomic E-state index is 0. The van der Waals surface area contributed by atoms with Crippen molar-refractivity contribution >= 4 is 24.8 Å². The number of hydrogen-bond donors (Lipinski definition) is 1. The second kappa shape index (κ2) is 8.15. The predicted octanol–water partition coefficient (Wildman–Crippen LogP) is 3.50. The van der Waals surface area contributed by atoms with Crippen LogP contribution in [0, 0.1) is 11.8 Å². The largest absolute Gasteiger partial charge is 0.325 e. The maximum Gasteiger partial charge on any atom is 0.0172 e. The summed E-state index contributed by atoms with van der Waals surface area (Å²) in [4.78, 5) is 0. The summed E-state index contributed by atoms with van der Waals surface area (Å²) in [6.45, 7) is 10.8. The van der Waals surface area contributed by atoms with Crippen LogP contribution in [0.15, 0.2) is 0 Å². The Labute approximate surface area is 90.3 Å². The zero-order valence-corrected chi connectivity index (χ0v) is 9.68. The van der Waals surface area contributed by atoms with Gasteiger partial charge in [0.1, 0.15) is 0 Å². The van der Waals surface area contributed by atoms with Crippen LogP contribution in [0.1, 0.15) is 42.0 Å². The highest BCUT2D eigenvalue weighted by Gasteiger charge is 2.26. The van der Waals surface area contributed by atoms with Crippen molar-refractivity contribution in [3.8, 4) is 0 Å². The van der Waals surface area contributed by atoms with E-state index in [0.29, 0.717) is 11.8 Å². The average molecular weight is 218 g/mol. The number of nitrogens with two attached hydrogens (primary N) is 1. The van der Waals surface area contributed by atoms with Crippen molar-refractivity contribution in [1.82, 2.24) is 0 Å². The maximum absolute atomic E-state index is 6.00. The Morgan fingerprint density at radius 2 is 1.08 bits per heavy atom. The van der Waals surface area contributed by atoms with Crippen molar-refractivity contribution in [2.45, 2.75) is 47.6 Å². The Bertz CT molecular complexity index is 80.5. The highest BCUT2D eigenvalue weighted by atomic mass is 35.5. The van der Waals surface area contributed by atoms with Crippen LogP contribution in [0.2, 0.25) is 0 Å². The van der Waals surface area contributed by atoms with E-state index in [1.54, 1.807) is 0 Å². The Balaban J connectivity index is -0.000000107. The molecule has 0 radical (unpaired) electrons.